The maximum Gasteiger partial charge on any atom is 0.261 e. The topological polar surface area (TPSA) is 58.4 Å². The maximum absolute atomic E-state index is 13.9. The lowest BCUT2D eigenvalue weighted by Crippen LogP contribution is -2.31. The van der Waals surface area contributed by atoms with Gasteiger partial charge in [-0.2, -0.15) is 5.10 Å². The average Bonchev–Trinajstić information content (AvgIpc) is 3.07. The number of carbonyl (C=O) groups excluding carboxylic acids is 1. The zero-order chi connectivity index (χ0) is 15.9. The van der Waals surface area contributed by atoms with E-state index < -0.39 is 11.7 Å². The van der Waals surface area contributed by atoms with Crippen LogP contribution in [0.15, 0.2) is 24.4 Å². The van der Waals surface area contributed by atoms with Crippen molar-refractivity contribution in [1.82, 2.24) is 14.7 Å². The highest BCUT2D eigenvalue weighted by molar-refractivity contribution is 5.97. The van der Waals surface area contributed by atoms with Crippen LogP contribution in [0.3, 0.4) is 0 Å². The number of rotatable bonds is 2. The quantitative estimate of drug-likeness (QED) is 0.927. The molecule has 1 aliphatic heterocycles. The first-order valence-corrected chi connectivity index (χ1v) is 7.27. The van der Waals surface area contributed by atoms with Crippen LogP contribution >= 0.6 is 0 Å². The van der Waals surface area contributed by atoms with Gasteiger partial charge in [-0.25, -0.2) is 4.39 Å². The molecular formula is C16H18FN3O2. The number of hydrogen-bond donors (Lipinski definition) is 1. The molecule has 0 bridgehead atoms. The normalized spacial score (nSPS) is 18.0. The fraction of sp³-hybridized carbons (Fsp3) is 0.375. The minimum absolute atomic E-state index is 0.125. The van der Waals surface area contributed by atoms with E-state index >= 15 is 0 Å². The van der Waals surface area contributed by atoms with Gasteiger partial charge < -0.3 is 10.0 Å². The zero-order valence-electron chi connectivity index (χ0n) is 12.6. The van der Waals surface area contributed by atoms with Gasteiger partial charge in [-0.15, -0.1) is 0 Å². The number of nitrogens with zero attached hydrogens (tertiary/aromatic N) is 3. The number of aromatic nitrogens is 2. The first-order valence-electron chi connectivity index (χ1n) is 7.27. The second-order valence-electron chi connectivity index (χ2n) is 5.60. The number of phenols is 1. The molecule has 0 spiro atoms. The standard InChI is InChI=1S/C16H18FN3O2/c1-10-11(9-18-19(10)2)13-6-4-8-20(13)16(22)15-12(17)5-3-7-14(15)21/h3,5,7,9,13,21H,4,6,8H2,1-2H3/t13-/m1/s1. The summed E-state index contributed by atoms with van der Waals surface area (Å²) in [4.78, 5) is 14.3. The minimum atomic E-state index is -0.696. The zero-order valence-corrected chi connectivity index (χ0v) is 12.6. The predicted octanol–water partition coefficient (Wildman–Crippen LogP) is 2.55. The molecule has 2 aromatic rings. The van der Waals surface area contributed by atoms with Crippen LogP contribution in [0.1, 0.15) is 40.5 Å². The van der Waals surface area contributed by atoms with Crippen molar-refractivity contribution >= 4 is 5.91 Å². The van der Waals surface area contributed by atoms with Gasteiger partial charge >= 0.3 is 0 Å². The number of amides is 1. The Morgan fingerprint density at radius 3 is 2.86 bits per heavy atom. The van der Waals surface area contributed by atoms with Crippen LogP contribution in [0.2, 0.25) is 0 Å². The monoisotopic (exact) mass is 303 g/mol. The molecule has 0 radical (unpaired) electrons. The Labute approximate surface area is 128 Å². The average molecular weight is 303 g/mol. The molecular weight excluding hydrogens is 285 g/mol. The lowest BCUT2D eigenvalue weighted by atomic mass is 10.0. The molecule has 116 valence electrons. The number of hydrogen-bond acceptors (Lipinski definition) is 3. The van der Waals surface area contributed by atoms with Gasteiger partial charge in [0.1, 0.15) is 17.1 Å². The van der Waals surface area contributed by atoms with Gasteiger partial charge in [0.2, 0.25) is 0 Å². The smallest absolute Gasteiger partial charge is 0.261 e. The van der Waals surface area contributed by atoms with Crippen LogP contribution in [0.25, 0.3) is 0 Å². The number of halogens is 1. The number of likely N-dealkylation sites (tertiary alicyclic amines) is 1. The van der Waals surface area contributed by atoms with Crippen LogP contribution in [-0.4, -0.2) is 32.2 Å². The second-order valence-corrected chi connectivity index (χ2v) is 5.60. The molecule has 0 unspecified atom stereocenters. The van der Waals surface area contributed by atoms with Crippen LogP contribution in [0, 0.1) is 12.7 Å². The number of benzene rings is 1. The summed E-state index contributed by atoms with van der Waals surface area (Å²) < 4.78 is 15.7. The van der Waals surface area contributed by atoms with Gasteiger partial charge in [-0.1, -0.05) is 6.07 Å². The molecule has 22 heavy (non-hydrogen) atoms. The highest BCUT2D eigenvalue weighted by Crippen LogP contribution is 2.36. The molecule has 5 nitrogen and oxygen atoms in total. The first kappa shape index (κ1) is 14.6. The third-order valence-electron chi connectivity index (χ3n) is 4.35. The van der Waals surface area contributed by atoms with E-state index in [1.807, 2.05) is 14.0 Å². The Kier molecular flexibility index (Phi) is 3.60. The number of aromatic hydroxyl groups is 1. The van der Waals surface area contributed by atoms with Gasteiger partial charge in [0, 0.05) is 24.8 Å². The van der Waals surface area contributed by atoms with Gasteiger partial charge in [0.25, 0.3) is 5.91 Å². The highest BCUT2D eigenvalue weighted by atomic mass is 19.1. The first-order chi connectivity index (χ1) is 10.5. The summed E-state index contributed by atoms with van der Waals surface area (Å²) in [6.45, 7) is 2.50. The molecule has 1 fully saturated rings. The summed E-state index contributed by atoms with van der Waals surface area (Å²) in [5.41, 5.74) is 1.71. The van der Waals surface area contributed by atoms with Crippen molar-refractivity contribution in [3.63, 3.8) is 0 Å². The molecule has 1 aromatic heterocycles. The van der Waals surface area contributed by atoms with Crippen molar-refractivity contribution in [3.8, 4) is 5.75 Å². The van der Waals surface area contributed by atoms with Crippen molar-refractivity contribution in [2.24, 2.45) is 7.05 Å². The summed E-state index contributed by atoms with van der Waals surface area (Å²) in [7, 11) is 1.85. The predicted molar refractivity (Wildman–Crippen MR) is 79.0 cm³/mol. The van der Waals surface area contributed by atoms with E-state index in [0.29, 0.717) is 6.54 Å². The van der Waals surface area contributed by atoms with E-state index in [-0.39, 0.29) is 17.4 Å². The van der Waals surface area contributed by atoms with Gasteiger partial charge in [-0.3, -0.25) is 9.48 Å². The summed E-state index contributed by atoms with van der Waals surface area (Å²) in [6, 6.07) is 3.78. The third kappa shape index (κ3) is 2.24. The van der Waals surface area contributed by atoms with Crippen molar-refractivity contribution < 1.29 is 14.3 Å². The molecule has 1 aromatic carbocycles. The molecule has 1 aliphatic rings. The second kappa shape index (κ2) is 5.44. The minimum Gasteiger partial charge on any atom is -0.507 e. The molecule has 2 heterocycles. The van der Waals surface area contributed by atoms with E-state index in [1.54, 1.807) is 15.8 Å². The molecule has 1 atom stereocenters. The summed E-state index contributed by atoms with van der Waals surface area (Å²) >= 11 is 0. The number of aryl methyl sites for hydroxylation is 1. The highest BCUT2D eigenvalue weighted by Gasteiger charge is 2.34. The summed E-state index contributed by atoms with van der Waals surface area (Å²) in [5.74, 6) is -1.49. The van der Waals surface area contributed by atoms with Crippen LogP contribution in [0.5, 0.6) is 5.75 Å². The van der Waals surface area contributed by atoms with Gasteiger partial charge in [-0.05, 0) is 31.9 Å². The number of carbonyl (C=O) groups is 1. The van der Waals surface area contributed by atoms with Crippen LogP contribution < -0.4 is 0 Å². The fourth-order valence-corrected chi connectivity index (χ4v) is 3.04. The van der Waals surface area contributed by atoms with Crippen molar-refractivity contribution in [2.75, 3.05) is 6.54 Å². The summed E-state index contributed by atoms with van der Waals surface area (Å²) in [6.07, 6.45) is 3.42. The van der Waals surface area contributed by atoms with Gasteiger partial charge in [0.15, 0.2) is 0 Å². The van der Waals surface area contributed by atoms with E-state index in [4.69, 9.17) is 0 Å². The van der Waals surface area contributed by atoms with Crippen molar-refractivity contribution in [1.29, 1.82) is 0 Å². The van der Waals surface area contributed by atoms with E-state index in [2.05, 4.69) is 5.10 Å². The SMILES string of the molecule is Cc1c([C@H]2CCCN2C(=O)c2c(O)cccc2F)cnn1C. The lowest BCUT2D eigenvalue weighted by molar-refractivity contribution is 0.0727. The van der Waals surface area contributed by atoms with E-state index in [0.717, 1.165) is 24.1 Å². The molecule has 0 saturated carbocycles. The Hall–Kier alpha value is -2.37. The Morgan fingerprint density at radius 2 is 2.23 bits per heavy atom. The van der Waals surface area contributed by atoms with Gasteiger partial charge in [0.05, 0.1) is 12.2 Å². The molecule has 1 N–H and O–H groups in total. The van der Waals surface area contributed by atoms with E-state index in [9.17, 15) is 14.3 Å². The molecule has 0 aliphatic carbocycles. The molecule has 6 heteroatoms. The van der Waals surface area contributed by atoms with E-state index in [1.165, 1.54) is 18.2 Å². The van der Waals surface area contributed by atoms with Crippen molar-refractivity contribution in [2.45, 2.75) is 25.8 Å². The largest absolute Gasteiger partial charge is 0.507 e. The molecule has 1 saturated heterocycles. The Morgan fingerprint density at radius 1 is 1.45 bits per heavy atom. The fourth-order valence-electron chi connectivity index (χ4n) is 3.04. The van der Waals surface area contributed by atoms with Crippen molar-refractivity contribution in [3.05, 3.63) is 47.0 Å². The lowest BCUT2D eigenvalue weighted by Gasteiger charge is -2.25. The molecule has 3 rings (SSSR count). The van der Waals surface area contributed by atoms with Crippen LogP contribution in [-0.2, 0) is 7.05 Å². The third-order valence-corrected chi connectivity index (χ3v) is 4.35. The Balaban J connectivity index is 1.97. The maximum atomic E-state index is 13.9. The Bertz CT molecular complexity index is 706. The van der Waals surface area contributed by atoms with Crippen LogP contribution in [0.4, 0.5) is 4.39 Å². The number of phenolic OH excluding ortho intramolecular Hbond substituents is 1. The summed E-state index contributed by atoms with van der Waals surface area (Å²) in [5, 5.41) is 14.1. The molecule has 1 amide bonds.